The van der Waals surface area contributed by atoms with E-state index in [9.17, 15) is 9.59 Å². The predicted octanol–water partition coefficient (Wildman–Crippen LogP) is 1.42. The van der Waals surface area contributed by atoms with Crippen LogP contribution >= 0.6 is 0 Å². The minimum atomic E-state index is -0.954. The predicted molar refractivity (Wildman–Crippen MR) is 75.1 cm³/mol. The zero-order valence-corrected chi connectivity index (χ0v) is 11.3. The van der Waals surface area contributed by atoms with E-state index < -0.39 is 5.97 Å². The van der Waals surface area contributed by atoms with Crippen molar-refractivity contribution in [3.05, 3.63) is 29.3 Å². The van der Waals surface area contributed by atoms with Crippen molar-refractivity contribution < 1.29 is 14.7 Å². The van der Waals surface area contributed by atoms with Crippen LogP contribution in [0, 0.1) is 0 Å². The molecule has 5 nitrogen and oxygen atoms in total. The van der Waals surface area contributed by atoms with E-state index in [2.05, 4.69) is 5.32 Å². The SMILES string of the molecule is O=C(O)c1ccc2c(c1)N(C(=O)CC1CCCN1)CC2. The van der Waals surface area contributed by atoms with Crippen LogP contribution in [0.25, 0.3) is 0 Å². The first-order valence-corrected chi connectivity index (χ1v) is 7.05. The molecule has 0 spiro atoms. The van der Waals surface area contributed by atoms with E-state index in [-0.39, 0.29) is 17.5 Å². The molecule has 1 aromatic rings. The molecule has 2 aliphatic rings. The molecule has 1 aromatic carbocycles. The molecule has 0 radical (unpaired) electrons. The van der Waals surface area contributed by atoms with Crippen LogP contribution in [0.15, 0.2) is 18.2 Å². The van der Waals surface area contributed by atoms with Gasteiger partial charge in [-0.15, -0.1) is 0 Å². The molecule has 0 saturated carbocycles. The molecule has 2 aliphatic heterocycles. The monoisotopic (exact) mass is 274 g/mol. The van der Waals surface area contributed by atoms with Gasteiger partial charge in [-0.3, -0.25) is 4.79 Å². The largest absolute Gasteiger partial charge is 0.478 e. The van der Waals surface area contributed by atoms with Gasteiger partial charge in [0.05, 0.1) is 5.56 Å². The van der Waals surface area contributed by atoms with Gasteiger partial charge < -0.3 is 15.3 Å². The highest BCUT2D eigenvalue weighted by Gasteiger charge is 2.28. The first-order chi connectivity index (χ1) is 9.65. The van der Waals surface area contributed by atoms with E-state index >= 15 is 0 Å². The molecule has 1 atom stereocenters. The quantitative estimate of drug-likeness (QED) is 0.874. The number of fused-ring (bicyclic) bond motifs is 1. The Morgan fingerprint density at radius 3 is 2.95 bits per heavy atom. The number of aromatic carboxylic acids is 1. The number of nitrogens with one attached hydrogen (secondary N) is 1. The van der Waals surface area contributed by atoms with E-state index in [0.717, 1.165) is 37.1 Å². The Bertz CT molecular complexity index is 550. The molecule has 1 unspecified atom stereocenters. The van der Waals surface area contributed by atoms with Gasteiger partial charge in [0.25, 0.3) is 0 Å². The standard InChI is InChI=1S/C15H18N2O3/c18-14(9-12-2-1-6-16-12)17-7-5-10-3-4-11(15(19)20)8-13(10)17/h3-4,8,12,16H,1-2,5-7,9H2,(H,19,20). The Labute approximate surface area is 117 Å². The minimum absolute atomic E-state index is 0.0886. The highest BCUT2D eigenvalue weighted by atomic mass is 16.4. The third kappa shape index (κ3) is 2.41. The van der Waals surface area contributed by atoms with Crippen LogP contribution in [0.2, 0.25) is 0 Å². The summed E-state index contributed by atoms with van der Waals surface area (Å²) in [4.78, 5) is 25.2. The van der Waals surface area contributed by atoms with Crippen LogP contribution in [-0.2, 0) is 11.2 Å². The maximum atomic E-state index is 12.4. The summed E-state index contributed by atoms with van der Waals surface area (Å²) in [7, 11) is 0. The van der Waals surface area contributed by atoms with Crippen molar-refractivity contribution in [2.45, 2.75) is 31.7 Å². The zero-order valence-electron chi connectivity index (χ0n) is 11.3. The maximum absolute atomic E-state index is 12.4. The summed E-state index contributed by atoms with van der Waals surface area (Å²) in [6.07, 6.45) is 3.47. The number of anilines is 1. The molecule has 0 aliphatic carbocycles. The fourth-order valence-corrected chi connectivity index (χ4v) is 3.02. The Hall–Kier alpha value is -1.88. The molecule has 1 fully saturated rings. The molecule has 106 valence electrons. The minimum Gasteiger partial charge on any atom is -0.478 e. The number of carboxylic acids is 1. The van der Waals surface area contributed by atoms with Crippen LogP contribution in [-0.4, -0.2) is 36.1 Å². The first-order valence-electron chi connectivity index (χ1n) is 7.05. The maximum Gasteiger partial charge on any atom is 0.335 e. The first kappa shape index (κ1) is 13.1. The van der Waals surface area contributed by atoms with Crippen LogP contribution in [0.4, 0.5) is 5.69 Å². The van der Waals surface area contributed by atoms with E-state index in [4.69, 9.17) is 5.11 Å². The number of benzene rings is 1. The second-order valence-electron chi connectivity index (χ2n) is 5.44. The second-order valence-corrected chi connectivity index (χ2v) is 5.44. The van der Waals surface area contributed by atoms with Crippen molar-refractivity contribution in [3.8, 4) is 0 Å². The van der Waals surface area contributed by atoms with E-state index in [1.54, 1.807) is 17.0 Å². The van der Waals surface area contributed by atoms with Gasteiger partial charge in [0.2, 0.25) is 5.91 Å². The molecule has 2 heterocycles. The van der Waals surface area contributed by atoms with E-state index in [1.807, 2.05) is 6.07 Å². The second kappa shape index (κ2) is 5.25. The molecule has 1 saturated heterocycles. The van der Waals surface area contributed by atoms with Crippen molar-refractivity contribution in [2.75, 3.05) is 18.0 Å². The topological polar surface area (TPSA) is 69.6 Å². The van der Waals surface area contributed by atoms with Crippen molar-refractivity contribution >= 4 is 17.6 Å². The zero-order chi connectivity index (χ0) is 14.1. The average molecular weight is 274 g/mol. The van der Waals surface area contributed by atoms with Gasteiger partial charge >= 0.3 is 5.97 Å². The van der Waals surface area contributed by atoms with Crippen LogP contribution in [0.3, 0.4) is 0 Å². The molecule has 5 heteroatoms. The Morgan fingerprint density at radius 2 is 2.25 bits per heavy atom. The lowest BCUT2D eigenvalue weighted by molar-refractivity contribution is -0.118. The van der Waals surface area contributed by atoms with Gasteiger partial charge in [0, 0.05) is 24.7 Å². The average Bonchev–Trinajstić information content (AvgIpc) is 3.06. The lowest BCUT2D eigenvalue weighted by Crippen LogP contribution is -2.34. The number of carbonyl (C=O) groups is 2. The summed E-state index contributed by atoms with van der Waals surface area (Å²) in [5.41, 5.74) is 2.07. The van der Waals surface area contributed by atoms with Crippen LogP contribution in [0.1, 0.15) is 35.2 Å². The highest BCUT2D eigenvalue weighted by molar-refractivity contribution is 5.98. The molecule has 2 N–H and O–H groups in total. The van der Waals surface area contributed by atoms with Gasteiger partial charge in [-0.2, -0.15) is 0 Å². The summed E-state index contributed by atoms with van der Waals surface area (Å²) in [5.74, 6) is -0.866. The van der Waals surface area contributed by atoms with Gasteiger partial charge in [0.1, 0.15) is 0 Å². The Balaban J connectivity index is 1.78. The fourth-order valence-electron chi connectivity index (χ4n) is 3.02. The number of hydrogen-bond donors (Lipinski definition) is 2. The van der Waals surface area contributed by atoms with Crippen LogP contribution in [0.5, 0.6) is 0 Å². The molecular weight excluding hydrogens is 256 g/mol. The molecule has 20 heavy (non-hydrogen) atoms. The molecule has 0 aromatic heterocycles. The van der Waals surface area contributed by atoms with Gasteiger partial charge in [-0.1, -0.05) is 6.07 Å². The van der Waals surface area contributed by atoms with Crippen molar-refractivity contribution in [1.29, 1.82) is 0 Å². The van der Waals surface area contributed by atoms with Crippen molar-refractivity contribution in [2.24, 2.45) is 0 Å². The Morgan fingerprint density at radius 1 is 1.40 bits per heavy atom. The summed E-state index contributed by atoms with van der Waals surface area (Å²) < 4.78 is 0. The number of amides is 1. The number of rotatable bonds is 3. The fraction of sp³-hybridized carbons (Fsp3) is 0.467. The summed E-state index contributed by atoms with van der Waals surface area (Å²) in [5, 5.41) is 12.4. The third-order valence-electron chi connectivity index (χ3n) is 4.11. The van der Waals surface area contributed by atoms with E-state index in [0.29, 0.717) is 13.0 Å². The number of nitrogens with zero attached hydrogens (tertiary/aromatic N) is 1. The number of carbonyl (C=O) groups excluding carboxylic acids is 1. The normalized spacial score (nSPS) is 21.0. The number of carboxylic acid groups (broad SMARTS) is 1. The van der Waals surface area contributed by atoms with Crippen molar-refractivity contribution in [1.82, 2.24) is 5.32 Å². The molecule has 1 amide bonds. The molecule has 0 bridgehead atoms. The lowest BCUT2D eigenvalue weighted by Gasteiger charge is -2.20. The van der Waals surface area contributed by atoms with Gasteiger partial charge in [-0.05, 0) is 43.5 Å². The molecular formula is C15H18N2O3. The van der Waals surface area contributed by atoms with E-state index in [1.165, 1.54) is 0 Å². The lowest BCUT2D eigenvalue weighted by atomic mass is 10.1. The van der Waals surface area contributed by atoms with Gasteiger partial charge in [-0.25, -0.2) is 4.79 Å². The summed E-state index contributed by atoms with van der Waals surface area (Å²) in [6, 6.07) is 5.31. The number of hydrogen-bond acceptors (Lipinski definition) is 3. The Kier molecular flexibility index (Phi) is 3.44. The third-order valence-corrected chi connectivity index (χ3v) is 4.11. The summed E-state index contributed by atoms with van der Waals surface area (Å²) in [6.45, 7) is 1.64. The highest BCUT2D eigenvalue weighted by Crippen LogP contribution is 2.30. The van der Waals surface area contributed by atoms with Crippen LogP contribution < -0.4 is 10.2 Å². The van der Waals surface area contributed by atoms with Gasteiger partial charge in [0.15, 0.2) is 0 Å². The van der Waals surface area contributed by atoms with Crippen molar-refractivity contribution in [3.63, 3.8) is 0 Å². The molecule has 3 rings (SSSR count). The smallest absolute Gasteiger partial charge is 0.335 e. The summed E-state index contributed by atoms with van der Waals surface area (Å²) >= 11 is 0.